The van der Waals surface area contributed by atoms with Crippen molar-refractivity contribution in [2.24, 2.45) is 0 Å². The number of carboxylic acids is 1. The van der Waals surface area contributed by atoms with Crippen molar-refractivity contribution in [3.63, 3.8) is 0 Å². The maximum Gasteiger partial charge on any atom is 0.337 e. The molecule has 2 unspecified atom stereocenters. The minimum absolute atomic E-state index is 0.00442. The maximum absolute atomic E-state index is 11.7. The summed E-state index contributed by atoms with van der Waals surface area (Å²) in [4.78, 5) is 23.7. The number of carbonyl (C=O) groups excluding carboxylic acids is 1. The second-order valence-electron chi connectivity index (χ2n) is 4.37. The first-order valence-electron chi connectivity index (χ1n) is 5.39. The number of aliphatic hydroxyl groups is 1. The monoisotopic (exact) mass is 246 g/mol. The van der Waals surface area contributed by atoms with Gasteiger partial charge in [0.15, 0.2) is 5.60 Å². The summed E-state index contributed by atoms with van der Waals surface area (Å²) in [5, 5.41) is 20.5. The Morgan fingerprint density at radius 1 is 1.59 bits per heavy atom. The van der Waals surface area contributed by atoms with Crippen molar-refractivity contribution in [2.75, 3.05) is 26.8 Å². The van der Waals surface area contributed by atoms with Crippen molar-refractivity contribution in [1.29, 1.82) is 0 Å². The van der Waals surface area contributed by atoms with Gasteiger partial charge in [-0.2, -0.15) is 0 Å². The van der Waals surface area contributed by atoms with Gasteiger partial charge in [-0.3, -0.25) is 0 Å². The average molecular weight is 246 g/mol. The van der Waals surface area contributed by atoms with E-state index in [1.54, 1.807) is 7.05 Å². The first kappa shape index (κ1) is 13.7. The molecule has 1 saturated heterocycles. The molecule has 1 aliphatic rings. The minimum Gasteiger partial charge on any atom is -0.479 e. The van der Waals surface area contributed by atoms with Crippen LogP contribution in [0.5, 0.6) is 0 Å². The largest absolute Gasteiger partial charge is 0.479 e. The Labute approximate surface area is 99.4 Å². The predicted molar refractivity (Wildman–Crippen MR) is 58.6 cm³/mol. The van der Waals surface area contributed by atoms with Gasteiger partial charge in [-0.1, -0.05) is 0 Å². The van der Waals surface area contributed by atoms with Crippen LogP contribution >= 0.6 is 0 Å². The summed E-state index contributed by atoms with van der Waals surface area (Å²) >= 11 is 0. The van der Waals surface area contributed by atoms with E-state index in [0.717, 1.165) is 13.3 Å². The van der Waals surface area contributed by atoms with E-state index in [9.17, 15) is 14.7 Å². The first-order chi connectivity index (χ1) is 7.84. The van der Waals surface area contributed by atoms with Gasteiger partial charge in [0.1, 0.15) is 0 Å². The predicted octanol–water partition coefficient (Wildman–Crippen LogP) is -0.748. The molecule has 0 radical (unpaired) electrons. The van der Waals surface area contributed by atoms with Gasteiger partial charge in [0.25, 0.3) is 0 Å². The lowest BCUT2D eigenvalue weighted by Gasteiger charge is -2.25. The number of nitrogens with one attached hydrogen (secondary N) is 1. The zero-order chi connectivity index (χ0) is 13.1. The molecular formula is C10H18N2O5. The van der Waals surface area contributed by atoms with Crippen LogP contribution in [-0.4, -0.2) is 65.6 Å². The Morgan fingerprint density at radius 3 is 2.71 bits per heavy atom. The van der Waals surface area contributed by atoms with E-state index in [1.165, 1.54) is 4.90 Å². The lowest BCUT2D eigenvalue weighted by Crippen LogP contribution is -2.51. The molecule has 0 saturated carbocycles. The van der Waals surface area contributed by atoms with Crippen LogP contribution in [0.25, 0.3) is 0 Å². The molecule has 0 bridgehead atoms. The molecule has 1 fully saturated rings. The highest BCUT2D eigenvalue weighted by molar-refractivity contribution is 5.79. The van der Waals surface area contributed by atoms with Crippen molar-refractivity contribution in [1.82, 2.24) is 10.2 Å². The number of urea groups is 1. The molecule has 17 heavy (non-hydrogen) atoms. The molecule has 7 nitrogen and oxygen atoms in total. The van der Waals surface area contributed by atoms with Crippen molar-refractivity contribution in [2.45, 2.75) is 25.0 Å². The number of hydrogen-bond acceptors (Lipinski definition) is 4. The van der Waals surface area contributed by atoms with Gasteiger partial charge in [-0.15, -0.1) is 0 Å². The first-order valence-corrected chi connectivity index (χ1v) is 5.39. The third-order valence-electron chi connectivity index (χ3n) is 2.82. The van der Waals surface area contributed by atoms with E-state index in [2.05, 4.69) is 5.32 Å². The van der Waals surface area contributed by atoms with Gasteiger partial charge in [0, 0.05) is 13.7 Å². The maximum atomic E-state index is 11.7. The van der Waals surface area contributed by atoms with Crippen LogP contribution in [0.4, 0.5) is 4.79 Å². The topological polar surface area (TPSA) is 99.1 Å². The SMILES string of the molecule is CN(C(=O)NCC(C)(O)C(=O)O)C1CCOC1. The van der Waals surface area contributed by atoms with Crippen molar-refractivity contribution in [3.05, 3.63) is 0 Å². The summed E-state index contributed by atoms with van der Waals surface area (Å²) in [6.45, 7) is 1.90. The summed E-state index contributed by atoms with van der Waals surface area (Å²) in [6, 6.07) is -0.410. The van der Waals surface area contributed by atoms with E-state index < -0.39 is 17.6 Å². The number of carboxylic acid groups (broad SMARTS) is 1. The van der Waals surface area contributed by atoms with Crippen LogP contribution in [0.2, 0.25) is 0 Å². The fourth-order valence-electron chi connectivity index (χ4n) is 1.44. The molecule has 0 aromatic rings. The molecule has 1 aliphatic heterocycles. The van der Waals surface area contributed by atoms with E-state index in [4.69, 9.17) is 9.84 Å². The molecule has 0 aromatic carbocycles. The molecule has 3 N–H and O–H groups in total. The third kappa shape index (κ3) is 3.57. The van der Waals surface area contributed by atoms with Crippen molar-refractivity contribution < 1.29 is 24.5 Å². The quantitative estimate of drug-likeness (QED) is 0.606. The molecule has 2 amide bonds. The summed E-state index contributed by atoms with van der Waals surface area (Å²) in [5.41, 5.74) is -1.96. The molecule has 0 aromatic heterocycles. The lowest BCUT2D eigenvalue weighted by molar-refractivity contribution is -0.155. The summed E-state index contributed by atoms with van der Waals surface area (Å²) in [5.74, 6) is -1.37. The highest BCUT2D eigenvalue weighted by Gasteiger charge is 2.31. The summed E-state index contributed by atoms with van der Waals surface area (Å²) in [6.07, 6.45) is 0.763. The van der Waals surface area contributed by atoms with Gasteiger partial charge >= 0.3 is 12.0 Å². The Hall–Kier alpha value is -1.34. The molecule has 98 valence electrons. The number of likely N-dealkylation sites (N-methyl/N-ethyl adjacent to an activating group) is 1. The number of nitrogens with zero attached hydrogens (tertiary/aromatic N) is 1. The highest BCUT2D eigenvalue weighted by Crippen LogP contribution is 2.10. The van der Waals surface area contributed by atoms with Crippen LogP contribution in [0.1, 0.15) is 13.3 Å². The highest BCUT2D eigenvalue weighted by atomic mass is 16.5. The van der Waals surface area contributed by atoms with E-state index >= 15 is 0 Å². The smallest absolute Gasteiger partial charge is 0.337 e. The minimum atomic E-state index is -1.96. The van der Waals surface area contributed by atoms with Gasteiger partial charge < -0.3 is 25.2 Å². The molecule has 0 aliphatic carbocycles. The number of hydrogen-bond donors (Lipinski definition) is 3. The normalized spacial score (nSPS) is 22.9. The van der Waals surface area contributed by atoms with Gasteiger partial charge in [-0.05, 0) is 13.3 Å². The summed E-state index contributed by atoms with van der Waals surface area (Å²) in [7, 11) is 1.62. The number of ether oxygens (including phenoxy) is 1. The Balaban J connectivity index is 2.41. The van der Waals surface area contributed by atoms with Crippen LogP contribution in [0.15, 0.2) is 0 Å². The Kier molecular flexibility index (Phi) is 4.30. The third-order valence-corrected chi connectivity index (χ3v) is 2.82. The van der Waals surface area contributed by atoms with Crippen LogP contribution < -0.4 is 5.32 Å². The molecule has 7 heteroatoms. The van der Waals surface area contributed by atoms with E-state index in [0.29, 0.717) is 13.2 Å². The van der Waals surface area contributed by atoms with E-state index in [1.807, 2.05) is 0 Å². The Morgan fingerprint density at radius 2 is 2.24 bits per heavy atom. The number of amides is 2. The lowest BCUT2D eigenvalue weighted by atomic mass is 10.1. The van der Waals surface area contributed by atoms with Crippen molar-refractivity contribution >= 4 is 12.0 Å². The van der Waals surface area contributed by atoms with Gasteiger partial charge in [-0.25, -0.2) is 9.59 Å². The fourth-order valence-corrected chi connectivity index (χ4v) is 1.44. The van der Waals surface area contributed by atoms with Crippen molar-refractivity contribution in [3.8, 4) is 0 Å². The van der Waals surface area contributed by atoms with Gasteiger partial charge in [0.2, 0.25) is 0 Å². The second-order valence-corrected chi connectivity index (χ2v) is 4.37. The molecular weight excluding hydrogens is 228 g/mol. The fraction of sp³-hybridized carbons (Fsp3) is 0.800. The van der Waals surface area contributed by atoms with Crippen LogP contribution in [0.3, 0.4) is 0 Å². The summed E-state index contributed by atoms with van der Waals surface area (Å²) < 4.78 is 5.15. The van der Waals surface area contributed by atoms with E-state index in [-0.39, 0.29) is 12.6 Å². The average Bonchev–Trinajstić information content (AvgIpc) is 2.78. The number of rotatable bonds is 4. The molecule has 1 heterocycles. The van der Waals surface area contributed by atoms with Crippen LogP contribution in [-0.2, 0) is 9.53 Å². The molecule has 0 spiro atoms. The number of aliphatic carboxylic acids is 1. The zero-order valence-corrected chi connectivity index (χ0v) is 9.97. The second kappa shape index (κ2) is 5.33. The number of carbonyl (C=O) groups is 2. The molecule has 1 rings (SSSR count). The zero-order valence-electron chi connectivity index (χ0n) is 9.97. The van der Waals surface area contributed by atoms with Gasteiger partial charge in [0.05, 0.1) is 19.2 Å². The van der Waals surface area contributed by atoms with Crippen LogP contribution in [0, 0.1) is 0 Å². The standard InChI is InChI=1S/C10H18N2O5/c1-10(16,8(13)14)6-11-9(15)12(2)7-3-4-17-5-7/h7,16H,3-6H2,1-2H3,(H,11,15)(H,13,14). The molecule has 2 atom stereocenters. The Bertz CT molecular complexity index is 299.